The first-order chi connectivity index (χ1) is 11.7. The van der Waals surface area contributed by atoms with E-state index in [0.29, 0.717) is 12.1 Å². The molecule has 4 rings (SSSR count). The summed E-state index contributed by atoms with van der Waals surface area (Å²) in [5.41, 5.74) is 3.94. The molecule has 24 heavy (non-hydrogen) atoms. The molecule has 1 aliphatic carbocycles. The molecule has 2 aliphatic rings. The molecule has 4 atom stereocenters. The number of hydrogen-bond acceptors (Lipinski definition) is 3. The van der Waals surface area contributed by atoms with Gasteiger partial charge in [0.2, 0.25) is 0 Å². The molecule has 0 bridgehead atoms. The smallest absolute Gasteiger partial charge is 0.0775 e. The molecule has 3 heteroatoms. The van der Waals surface area contributed by atoms with Crippen molar-refractivity contribution in [3.8, 4) is 0 Å². The Morgan fingerprint density at radius 2 is 1.83 bits per heavy atom. The van der Waals surface area contributed by atoms with E-state index in [2.05, 4.69) is 71.7 Å². The Balaban J connectivity index is 1.42. The van der Waals surface area contributed by atoms with Crippen LogP contribution in [0.1, 0.15) is 36.1 Å². The molecule has 1 aliphatic heterocycles. The predicted octanol–water partition coefficient (Wildman–Crippen LogP) is 2.90. The van der Waals surface area contributed by atoms with Gasteiger partial charge in [-0.15, -0.1) is 0 Å². The highest BCUT2D eigenvalue weighted by atomic mass is 16.3. The van der Waals surface area contributed by atoms with Crippen LogP contribution in [-0.2, 0) is 13.0 Å². The van der Waals surface area contributed by atoms with Crippen molar-refractivity contribution >= 4 is 0 Å². The van der Waals surface area contributed by atoms with E-state index >= 15 is 0 Å². The molecule has 0 aromatic heterocycles. The zero-order chi connectivity index (χ0) is 16.5. The quantitative estimate of drug-likeness (QED) is 0.908. The summed E-state index contributed by atoms with van der Waals surface area (Å²) in [7, 11) is 0. The van der Waals surface area contributed by atoms with Crippen molar-refractivity contribution in [1.82, 2.24) is 10.2 Å². The number of likely N-dealkylation sites (tertiary alicyclic amines) is 1. The van der Waals surface area contributed by atoms with Crippen LogP contribution in [-0.4, -0.2) is 34.7 Å². The second-order valence-electron chi connectivity index (χ2n) is 7.31. The maximum absolute atomic E-state index is 10.5. The highest BCUT2D eigenvalue weighted by molar-refractivity contribution is 5.36. The van der Waals surface area contributed by atoms with E-state index in [4.69, 9.17) is 0 Å². The van der Waals surface area contributed by atoms with E-state index in [1.807, 2.05) is 0 Å². The minimum atomic E-state index is -0.305. The maximum atomic E-state index is 10.5. The van der Waals surface area contributed by atoms with Gasteiger partial charge >= 0.3 is 0 Å². The van der Waals surface area contributed by atoms with Crippen LogP contribution < -0.4 is 5.32 Å². The Kier molecular flexibility index (Phi) is 4.40. The first-order valence-corrected chi connectivity index (χ1v) is 9.00. The number of hydrogen-bond donors (Lipinski definition) is 2. The summed E-state index contributed by atoms with van der Waals surface area (Å²) in [6.07, 6.45) is 1.60. The number of nitrogens with zero attached hydrogens (tertiary/aromatic N) is 1. The zero-order valence-electron chi connectivity index (χ0n) is 14.2. The molecule has 2 aromatic carbocycles. The Morgan fingerprint density at radius 1 is 1.08 bits per heavy atom. The molecule has 1 fully saturated rings. The van der Waals surface area contributed by atoms with Gasteiger partial charge < -0.3 is 10.4 Å². The summed E-state index contributed by atoms with van der Waals surface area (Å²) < 4.78 is 0. The number of aliphatic hydroxyl groups excluding tert-OH is 1. The van der Waals surface area contributed by atoms with E-state index in [9.17, 15) is 5.11 Å². The highest BCUT2D eigenvalue weighted by Crippen LogP contribution is 2.33. The fourth-order valence-corrected chi connectivity index (χ4v) is 4.29. The van der Waals surface area contributed by atoms with E-state index in [1.54, 1.807) is 0 Å². The highest BCUT2D eigenvalue weighted by Gasteiger charge is 2.36. The van der Waals surface area contributed by atoms with Crippen molar-refractivity contribution in [2.24, 2.45) is 0 Å². The van der Waals surface area contributed by atoms with Gasteiger partial charge in [-0.2, -0.15) is 0 Å². The van der Waals surface area contributed by atoms with E-state index in [-0.39, 0.29) is 12.1 Å². The fraction of sp³-hybridized carbons (Fsp3) is 0.429. The van der Waals surface area contributed by atoms with Gasteiger partial charge in [0.05, 0.1) is 12.1 Å². The van der Waals surface area contributed by atoms with Gasteiger partial charge in [-0.05, 0) is 30.0 Å². The van der Waals surface area contributed by atoms with Crippen molar-refractivity contribution in [3.63, 3.8) is 0 Å². The summed E-state index contributed by atoms with van der Waals surface area (Å²) in [4.78, 5) is 2.54. The van der Waals surface area contributed by atoms with Gasteiger partial charge in [0.1, 0.15) is 0 Å². The Hall–Kier alpha value is -1.68. The number of rotatable bonds is 4. The van der Waals surface area contributed by atoms with Crippen LogP contribution in [0.15, 0.2) is 54.6 Å². The Bertz CT molecular complexity index is 687. The number of fused-ring (bicyclic) bond motifs is 1. The molecular formula is C21H26N2O. The van der Waals surface area contributed by atoms with Gasteiger partial charge in [-0.3, -0.25) is 4.90 Å². The summed E-state index contributed by atoms with van der Waals surface area (Å²) in [6, 6.07) is 20.2. The standard InChI is InChI=1S/C21H26N2O/c1-15-11-18(14-23(15)13-16-7-3-2-4-8-16)22-21-19-10-6-5-9-17(19)12-20(21)24/h2-10,15,18,20-22,24H,11-14H2,1H3/t15-,18+,20+,21-/m1/s1. The van der Waals surface area contributed by atoms with E-state index in [1.165, 1.54) is 16.7 Å². The minimum Gasteiger partial charge on any atom is -0.391 e. The Labute approximate surface area is 144 Å². The third-order valence-corrected chi connectivity index (χ3v) is 5.55. The molecule has 1 saturated heterocycles. The van der Waals surface area contributed by atoms with Crippen molar-refractivity contribution < 1.29 is 5.11 Å². The van der Waals surface area contributed by atoms with Crippen molar-refractivity contribution in [2.45, 2.75) is 50.5 Å². The SMILES string of the molecule is C[C@@H]1C[C@H](N[C@@H]2c3ccccc3C[C@@H]2O)CN1Cc1ccccc1. The first kappa shape index (κ1) is 15.8. The molecular weight excluding hydrogens is 296 g/mol. The summed E-state index contributed by atoms with van der Waals surface area (Å²) >= 11 is 0. The van der Waals surface area contributed by atoms with E-state index < -0.39 is 0 Å². The molecule has 0 unspecified atom stereocenters. The normalized spacial score (nSPS) is 29.8. The van der Waals surface area contributed by atoms with Crippen LogP contribution in [0.5, 0.6) is 0 Å². The molecule has 2 N–H and O–H groups in total. The average Bonchev–Trinajstić information content (AvgIpc) is 3.09. The van der Waals surface area contributed by atoms with Crippen LogP contribution in [0.2, 0.25) is 0 Å². The molecule has 1 heterocycles. The fourth-order valence-electron chi connectivity index (χ4n) is 4.29. The van der Waals surface area contributed by atoms with Crippen molar-refractivity contribution in [3.05, 3.63) is 71.3 Å². The van der Waals surface area contributed by atoms with Gasteiger partial charge in [0, 0.05) is 31.6 Å². The lowest BCUT2D eigenvalue weighted by Crippen LogP contribution is -2.38. The molecule has 126 valence electrons. The van der Waals surface area contributed by atoms with Crippen molar-refractivity contribution in [2.75, 3.05) is 6.54 Å². The van der Waals surface area contributed by atoms with Crippen molar-refractivity contribution in [1.29, 1.82) is 0 Å². The van der Waals surface area contributed by atoms with Gasteiger partial charge in [-0.1, -0.05) is 54.6 Å². The lowest BCUT2D eigenvalue weighted by molar-refractivity contribution is 0.134. The lowest BCUT2D eigenvalue weighted by atomic mass is 10.1. The topological polar surface area (TPSA) is 35.5 Å². The third kappa shape index (κ3) is 3.12. The van der Waals surface area contributed by atoms with Crippen LogP contribution in [0.25, 0.3) is 0 Å². The average molecular weight is 322 g/mol. The van der Waals surface area contributed by atoms with Crippen LogP contribution in [0, 0.1) is 0 Å². The first-order valence-electron chi connectivity index (χ1n) is 9.00. The molecule has 0 radical (unpaired) electrons. The number of benzene rings is 2. The molecule has 2 aromatic rings. The number of aliphatic hydroxyl groups is 1. The van der Waals surface area contributed by atoms with Crippen LogP contribution >= 0.6 is 0 Å². The maximum Gasteiger partial charge on any atom is 0.0775 e. The predicted molar refractivity (Wildman–Crippen MR) is 96.7 cm³/mol. The van der Waals surface area contributed by atoms with Crippen LogP contribution in [0.4, 0.5) is 0 Å². The molecule has 0 spiro atoms. The summed E-state index contributed by atoms with van der Waals surface area (Å²) in [6.45, 7) is 4.36. The largest absolute Gasteiger partial charge is 0.391 e. The second kappa shape index (κ2) is 6.67. The van der Waals surface area contributed by atoms with Crippen LogP contribution in [0.3, 0.4) is 0 Å². The second-order valence-corrected chi connectivity index (χ2v) is 7.31. The zero-order valence-corrected chi connectivity index (χ0v) is 14.2. The van der Waals surface area contributed by atoms with Gasteiger partial charge in [0.25, 0.3) is 0 Å². The summed E-state index contributed by atoms with van der Waals surface area (Å²) in [5, 5.41) is 14.2. The lowest BCUT2D eigenvalue weighted by Gasteiger charge is -2.23. The van der Waals surface area contributed by atoms with E-state index in [0.717, 1.165) is 25.9 Å². The van der Waals surface area contributed by atoms with Gasteiger partial charge in [0.15, 0.2) is 0 Å². The minimum absolute atomic E-state index is 0.0788. The molecule has 0 saturated carbocycles. The molecule has 3 nitrogen and oxygen atoms in total. The Morgan fingerprint density at radius 3 is 2.67 bits per heavy atom. The summed E-state index contributed by atoms with van der Waals surface area (Å²) in [5.74, 6) is 0. The third-order valence-electron chi connectivity index (χ3n) is 5.55. The number of nitrogens with one attached hydrogen (secondary N) is 1. The van der Waals surface area contributed by atoms with Gasteiger partial charge in [-0.25, -0.2) is 0 Å². The monoisotopic (exact) mass is 322 g/mol. The molecule has 0 amide bonds.